The molecule has 0 saturated heterocycles. The van der Waals surface area contributed by atoms with E-state index < -0.39 is 17.8 Å². The second-order valence-corrected chi connectivity index (χ2v) is 13.9. The van der Waals surface area contributed by atoms with E-state index >= 15 is 0 Å². The zero-order valence-electron chi connectivity index (χ0n) is 29.1. The molecule has 2 saturated carbocycles. The highest BCUT2D eigenvalue weighted by molar-refractivity contribution is 6.27. The zero-order chi connectivity index (χ0) is 36.5. The predicted octanol–water partition coefficient (Wildman–Crippen LogP) is 6.81. The van der Waals surface area contributed by atoms with Gasteiger partial charge in [-0.05, 0) is 98.7 Å². The molecule has 3 aliphatic rings. The minimum Gasteiger partial charge on any atom is -0.490 e. The lowest BCUT2D eigenvalue weighted by Crippen LogP contribution is -2.35. The first-order valence-corrected chi connectivity index (χ1v) is 17.8. The van der Waals surface area contributed by atoms with Gasteiger partial charge in [-0.2, -0.15) is 0 Å². The van der Waals surface area contributed by atoms with Gasteiger partial charge in [0.2, 0.25) is 0 Å². The van der Waals surface area contributed by atoms with E-state index in [9.17, 15) is 28.8 Å². The van der Waals surface area contributed by atoms with Gasteiger partial charge in [0.15, 0.2) is 17.3 Å². The molecule has 1 amide bonds. The molecule has 0 aliphatic heterocycles. The van der Waals surface area contributed by atoms with Gasteiger partial charge in [-0.25, -0.2) is 0 Å². The van der Waals surface area contributed by atoms with Crippen molar-refractivity contribution in [1.82, 2.24) is 5.32 Å². The molecule has 0 radical (unpaired) electrons. The number of carbonyl (C=O) groups is 6. The van der Waals surface area contributed by atoms with E-state index in [-0.39, 0.29) is 83.8 Å². The van der Waals surface area contributed by atoms with Crippen LogP contribution in [0.1, 0.15) is 91.6 Å². The molecule has 264 valence electrons. The van der Waals surface area contributed by atoms with Crippen molar-refractivity contribution in [2.24, 2.45) is 17.8 Å². The van der Waals surface area contributed by atoms with Crippen LogP contribution in [0.25, 0.3) is 11.1 Å². The van der Waals surface area contributed by atoms with Crippen molar-refractivity contribution in [2.75, 3.05) is 13.2 Å². The number of Topliss-reactive ketones (excluding diaryl/α,β-unsaturated/α-hetero) is 4. The summed E-state index contributed by atoms with van der Waals surface area (Å²) in [5.74, 6) is -2.51. The third-order valence-electron chi connectivity index (χ3n) is 10.3. The van der Waals surface area contributed by atoms with Gasteiger partial charge >= 0.3 is 0 Å². The zero-order valence-corrected chi connectivity index (χ0v) is 29.1. The van der Waals surface area contributed by atoms with Crippen molar-refractivity contribution in [3.05, 3.63) is 118 Å². The lowest BCUT2D eigenvalue weighted by Gasteiger charge is -2.25. The first kappa shape index (κ1) is 34.7. The van der Waals surface area contributed by atoms with Crippen LogP contribution >= 0.6 is 0 Å². The Hall–Kier alpha value is -5.70. The largest absolute Gasteiger partial charge is 0.490 e. The molecule has 1 N–H and O–H groups in total. The number of carbonyl (C=O) groups excluding carboxylic acids is 6. The summed E-state index contributed by atoms with van der Waals surface area (Å²) in [6.45, 7) is 3.83. The maximum absolute atomic E-state index is 13.4. The van der Waals surface area contributed by atoms with Gasteiger partial charge in [0, 0.05) is 40.6 Å². The second kappa shape index (κ2) is 14.5. The molecule has 2 fully saturated rings. The predicted molar refractivity (Wildman–Crippen MR) is 193 cm³/mol. The van der Waals surface area contributed by atoms with Crippen LogP contribution in [0, 0.1) is 24.7 Å². The Kier molecular flexibility index (Phi) is 9.69. The van der Waals surface area contributed by atoms with E-state index in [1.807, 2.05) is 37.3 Å². The molecule has 0 aromatic heterocycles. The number of rotatable bonds is 12. The van der Waals surface area contributed by atoms with Crippen LogP contribution in [0.2, 0.25) is 0 Å². The molecule has 4 aromatic rings. The second-order valence-electron chi connectivity index (χ2n) is 13.9. The minimum absolute atomic E-state index is 0.0703. The number of ether oxygens (including phenoxy) is 2. The highest BCUT2D eigenvalue weighted by atomic mass is 16.5. The Morgan fingerprint density at radius 1 is 0.750 bits per heavy atom. The molecule has 3 atom stereocenters. The van der Waals surface area contributed by atoms with Crippen LogP contribution in [0.5, 0.6) is 11.5 Å². The van der Waals surface area contributed by atoms with Crippen molar-refractivity contribution in [3.63, 3.8) is 0 Å². The molecule has 3 aliphatic carbocycles. The lowest BCUT2D eigenvalue weighted by atomic mass is 9.75. The van der Waals surface area contributed by atoms with Gasteiger partial charge in [-0.3, -0.25) is 28.8 Å². The summed E-state index contributed by atoms with van der Waals surface area (Å²) in [5, 5.41) is 3.03. The van der Waals surface area contributed by atoms with Crippen LogP contribution in [0.3, 0.4) is 0 Å². The van der Waals surface area contributed by atoms with E-state index in [1.54, 1.807) is 61.5 Å². The molecule has 52 heavy (non-hydrogen) atoms. The molecule has 7 rings (SSSR count). The maximum atomic E-state index is 13.4. The van der Waals surface area contributed by atoms with E-state index in [0.717, 1.165) is 29.5 Å². The van der Waals surface area contributed by atoms with E-state index in [1.165, 1.54) is 0 Å². The number of ketones is 5. The van der Waals surface area contributed by atoms with Crippen molar-refractivity contribution < 1.29 is 38.2 Å². The third-order valence-corrected chi connectivity index (χ3v) is 10.3. The topological polar surface area (TPSA) is 133 Å². The molecular weight excluding hydrogens is 658 g/mol. The van der Waals surface area contributed by atoms with E-state index in [4.69, 9.17) is 9.47 Å². The molecule has 0 bridgehead atoms. The van der Waals surface area contributed by atoms with Crippen LogP contribution in [0.4, 0.5) is 0 Å². The lowest BCUT2D eigenvalue weighted by molar-refractivity contribution is -0.138. The smallest absolute Gasteiger partial charge is 0.251 e. The number of hydrogen-bond donors (Lipinski definition) is 1. The van der Waals surface area contributed by atoms with Gasteiger partial charge in [0.05, 0.1) is 17.4 Å². The Bertz CT molecular complexity index is 2090. The fraction of sp³-hybridized carbons (Fsp3) is 0.302. The van der Waals surface area contributed by atoms with Crippen LogP contribution < -0.4 is 14.8 Å². The Labute approximate surface area is 301 Å². The first-order valence-electron chi connectivity index (χ1n) is 17.8. The number of nitrogens with one attached hydrogen (secondary N) is 1. The molecule has 9 heteroatoms. The van der Waals surface area contributed by atoms with Gasteiger partial charge in [-0.1, -0.05) is 42.5 Å². The summed E-state index contributed by atoms with van der Waals surface area (Å²) < 4.78 is 11.7. The van der Waals surface area contributed by atoms with Gasteiger partial charge in [0.1, 0.15) is 36.3 Å². The number of aryl methyl sites for hydroxylation is 1. The normalized spacial score (nSPS) is 19.7. The number of benzene rings is 4. The standard InChI is InChI=1S/C43H39NO8/c1-24-6-7-30(43(50)44-31-15-16-31)23-34(24)26-8-10-27(11-9-26)40(47)28-12-17-32(18-13-28)51-20-21-52-37-5-3-4-33-38(37)42(49)35(41(33)48)22-29-14-19-36(45)25(2)39(29)46/h3-13,17-18,23,25,29,31,35H,14-16,19-22H2,1-2H3,(H,44,50). The number of hydrogen-bond acceptors (Lipinski definition) is 8. The highest BCUT2D eigenvalue weighted by Crippen LogP contribution is 2.39. The van der Waals surface area contributed by atoms with Gasteiger partial charge in [-0.15, -0.1) is 0 Å². The van der Waals surface area contributed by atoms with E-state index in [0.29, 0.717) is 28.9 Å². The Morgan fingerprint density at radius 2 is 1.42 bits per heavy atom. The average molecular weight is 698 g/mol. The van der Waals surface area contributed by atoms with Crippen LogP contribution in [-0.2, 0) is 9.59 Å². The fourth-order valence-electron chi connectivity index (χ4n) is 7.06. The third kappa shape index (κ3) is 7.08. The monoisotopic (exact) mass is 697 g/mol. The van der Waals surface area contributed by atoms with Crippen LogP contribution in [0.15, 0.2) is 84.9 Å². The van der Waals surface area contributed by atoms with Crippen LogP contribution in [-0.4, -0.2) is 54.1 Å². The van der Waals surface area contributed by atoms with Crippen molar-refractivity contribution >= 4 is 34.8 Å². The van der Waals surface area contributed by atoms with Gasteiger partial charge < -0.3 is 14.8 Å². The Balaban J connectivity index is 0.927. The molecule has 3 unspecified atom stereocenters. The molecule has 0 heterocycles. The molecular formula is C43H39NO8. The van der Waals surface area contributed by atoms with Gasteiger partial charge in [0.25, 0.3) is 5.91 Å². The minimum atomic E-state index is -0.961. The van der Waals surface area contributed by atoms with Crippen molar-refractivity contribution in [1.29, 1.82) is 0 Å². The SMILES string of the molecule is Cc1ccc(C(=O)NC2CC2)cc1-c1ccc(C(=O)c2ccc(OCCOc3cccc4c3C(=O)C(CC3CCC(=O)C(C)C3=O)C4=O)cc2)cc1. The van der Waals surface area contributed by atoms with Crippen molar-refractivity contribution in [2.45, 2.75) is 52.0 Å². The molecule has 0 spiro atoms. The summed E-state index contributed by atoms with van der Waals surface area (Å²) in [6.07, 6.45) is 2.79. The summed E-state index contributed by atoms with van der Waals surface area (Å²) in [6, 6.07) is 25.0. The summed E-state index contributed by atoms with van der Waals surface area (Å²) in [4.78, 5) is 77.1. The summed E-state index contributed by atoms with van der Waals surface area (Å²) in [7, 11) is 0. The summed E-state index contributed by atoms with van der Waals surface area (Å²) >= 11 is 0. The van der Waals surface area contributed by atoms with Crippen molar-refractivity contribution in [3.8, 4) is 22.6 Å². The quantitative estimate of drug-likeness (QED) is 0.0970. The number of fused-ring (bicyclic) bond motifs is 1. The Morgan fingerprint density at radius 3 is 2.13 bits per heavy atom. The molecule has 9 nitrogen and oxygen atoms in total. The highest BCUT2D eigenvalue weighted by Gasteiger charge is 2.44. The number of amides is 1. The van der Waals surface area contributed by atoms with E-state index in [2.05, 4.69) is 5.32 Å². The average Bonchev–Trinajstić information content (AvgIpc) is 3.95. The maximum Gasteiger partial charge on any atom is 0.251 e. The molecule has 4 aromatic carbocycles. The first-order chi connectivity index (χ1) is 25.1. The summed E-state index contributed by atoms with van der Waals surface area (Å²) in [5.41, 5.74) is 5.05. The fourth-order valence-corrected chi connectivity index (χ4v) is 7.06.